The monoisotopic (exact) mass is 286 g/mol. The Morgan fingerprint density at radius 1 is 1.56 bits per heavy atom. The molecule has 0 aliphatic carbocycles. The highest BCUT2D eigenvalue weighted by Crippen LogP contribution is 2.23. The van der Waals surface area contributed by atoms with E-state index < -0.39 is 5.41 Å². The number of nitrogens with one attached hydrogen (secondary N) is 1. The van der Waals surface area contributed by atoms with Crippen molar-refractivity contribution in [2.45, 2.75) is 13.8 Å². The number of phenols is 1. The van der Waals surface area contributed by atoms with E-state index in [1.807, 2.05) is 13.8 Å². The second kappa shape index (κ2) is 5.54. The van der Waals surface area contributed by atoms with Crippen molar-refractivity contribution in [2.24, 2.45) is 11.1 Å². The zero-order chi connectivity index (χ0) is 13.9. The maximum atomic E-state index is 11.8. The van der Waals surface area contributed by atoms with Crippen LogP contribution in [0.5, 0.6) is 5.75 Å². The number of thiocarbonyl (C=S) groups is 1. The number of carbonyl (C=O) groups excluding carboxylic acids is 1. The predicted molar refractivity (Wildman–Crippen MR) is 76.0 cm³/mol. The van der Waals surface area contributed by atoms with Gasteiger partial charge in [0.1, 0.15) is 5.75 Å². The molecule has 0 aromatic heterocycles. The van der Waals surface area contributed by atoms with E-state index in [0.717, 1.165) is 0 Å². The van der Waals surface area contributed by atoms with E-state index in [0.29, 0.717) is 17.1 Å². The molecular weight excluding hydrogens is 272 g/mol. The van der Waals surface area contributed by atoms with Crippen LogP contribution in [0.3, 0.4) is 0 Å². The molecule has 1 rings (SSSR count). The number of halogens is 1. The summed E-state index contributed by atoms with van der Waals surface area (Å²) in [5.74, 6) is -0.349. The van der Waals surface area contributed by atoms with E-state index >= 15 is 0 Å². The Bertz CT molecular complexity index is 489. The van der Waals surface area contributed by atoms with Crippen LogP contribution in [0.15, 0.2) is 18.2 Å². The van der Waals surface area contributed by atoms with Gasteiger partial charge < -0.3 is 16.2 Å². The van der Waals surface area contributed by atoms with Crippen molar-refractivity contribution in [1.82, 2.24) is 5.32 Å². The molecule has 1 aromatic carbocycles. The number of nitrogens with two attached hydrogens (primary N) is 1. The zero-order valence-corrected chi connectivity index (χ0v) is 11.7. The third-order valence-electron chi connectivity index (χ3n) is 2.57. The van der Waals surface area contributed by atoms with Crippen LogP contribution in [-0.4, -0.2) is 22.5 Å². The van der Waals surface area contributed by atoms with Crippen LogP contribution in [0.1, 0.15) is 24.2 Å². The summed E-state index contributed by atoms with van der Waals surface area (Å²) in [5.41, 5.74) is 5.48. The van der Waals surface area contributed by atoms with Crippen LogP contribution in [0.25, 0.3) is 0 Å². The first kappa shape index (κ1) is 14.7. The second-order valence-electron chi connectivity index (χ2n) is 4.60. The van der Waals surface area contributed by atoms with E-state index in [1.54, 1.807) is 0 Å². The van der Waals surface area contributed by atoms with Crippen molar-refractivity contribution in [3.63, 3.8) is 0 Å². The number of aromatic hydroxyl groups is 1. The predicted octanol–water partition coefficient (Wildman–Crippen LogP) is 2.09. The van der Waals surface area contributed by atoms with Gasteiger partial charge in [-0.05, 0) is 18.2 Å². The summed E-state index contributed by atoms with van der Waals surface area (Å²) in [6.07, 6.45) is 0. The zero-order valence-electron chi connectivity index (χ0n) is 10.2. The highest BCUT2D eigenvalue weighted by Gasteiger charge is 2.22. The Balaban J connectivity index is 2.72. The van der Waals surface area contributed by atoms with Crippen molar-refractivity contribution >= 4 is 34.7 Å². The Kier molecular flexibility index (Phi) is 4.53. The third kappa shape index (κ3) is 3.58. The Hall–Kier alpha value is -1.33. The lowest BCUT2D eigenvalue weighted by atomic mass is 9.93. The minimum Gasteiger partial charge on any atom is -0.506 e. The number of benzene rings is 1. The van der Waals surface area contributed by atoms with Crippen molar-refractivity contribution < 1.29 is 9.90 Å². The molecule has 0 spiro atoms. The van der Waals surface area contributed by atoms with E-state index in [2.05, 4.69) is 5.32 Å². The molecule has 0 heterocycles. The van der Waals surface area contributed by atoms with Gasteiger partial charge in [-0.2, -0.15) is 0 Å². The molecule has 0 aliphatic rings. The van der Waals surface area contributed by atoms with Crippen molar-refractivity contribution in [3.05, 3.63) is 28.8 Å². The molecule has 98 valence electrons. The second-order valence-corrected chi connectivity index (χ2v) is 5.44. The van der Waals surface area contributed by atoms with Crippen LogP contribution < -0.4 is 11.1 Å². The van der Waals surface area contributed by atoms with Gasteiger partial charge in [-0.1, -0.05) is 37.7 Å². The first-order valence-electron chi connectivity index (χ1n) is 5.30. The van der Waals surface area contributed by atoms with Crippen molar-refractivity contribution in [3.8, 4) is 5.75 Å². The molecule has 4 nitrogen and oxygen atoms in total. The fourth-order valence-corrected chi connectivity index (χ4v) is 1.39. The Morgan fingerprint density at radius 3 is 2.67 bits per heavy atom. The van der Waals surface area contributed by atoms with Gasteiger partial charge in [0.25, 0.3) is 5.91 Å². The van der Waals surface area contributed by atoms with Gasteiger partial charge in [-0.3, -0.25) is 4.79 Å². The largest absolute Gasteiger partial charge is 0.506 e. The number of amides is 1. The molecule has 4 N–H and O–H groups in total. The molecule has 0 bridgehead atoms. The standard InChI is InChI=1S/C12H15ClN2O2S/c1-12(2,11(14)18)6-15-10(17)7-3-4-9(16)8(13)5-7/h3-5,16H,6H2,1-2H3,(H2,14,18)(H,15,17). The summed E-state index contributed by atoms with van der Waals surface area (Å²) in [5, 5.41) is 12.1. The van der Waals surface area contributed by atoms with Crippen LogP contribution >= 0.6 is 23.8 Å². The summed E-state index contributed by atoms with van der Waals surface area (Å²) in [6.45, 7) is 4.03. The van der Waals surface area contributed by atoms with Crippen LogP contribution in [0.2, 0.25) is 5.02 Å². The molecule has 1 amide bonds. The SMILES string of the molecule is CC(C)(CNC(=O)c1ccc(O)c(Cl)c1)C(N)=S. The number of phenolic OH excluding ortho intramolecular Hbond substituents is 1. The Labute approximate surface area is 116 Å². The topological polar surface area (TPSA) is 75.3 Å². The first-order valence-corrected chi connectivity index (χ1v) is 6.09. The van der Waals surface area contributed by atoms with E-state index in [9.17, 15) is 9.90 Å². The third-order valence-corrected chi connectivity index (χ3v) is 3.42. The number of rotatable bonds is 4. The van der Waals surface area contributed by atoms with Gasteiger partial charge in [0, 0.05) is 17.5 Å². The molecule has 6 heteroatoms. The smallest absolute Gasteiger partial charge is 0.251 e. The van der Waals surface area contributed by atoms with Gasteiger partial charge in [-0.25, -0.2) is 0 Å². The lowest BCUT2D eigenvalue weighted by Gasteiger charge is -2.23. The molecule has 0 atom stereocenters. The van der Waals surface area contributed by atoms with Gasteiger partial charge in [0.05, 0.1) is 10.0 Å². The molecule has 0 saturated carbocycles. The number of carbonyl (C=O) groups is 1. The summed E-state index contributed by atoms with van der Waals surface area (Å²) in [4.78, 5) is 12.2. The van der Waals surface area contributed by atoms with Crippen LogP contribution in [-0.2, 0) is 0 Å². The molecule has 0 saturated heterocycles. The molecule has 0 aliphatic heterocycles. The van der Waals surface area contributed by atoms with Gasteiger partial charge in [-0.15, -0.1) is 0 Å². The fraction of sp³-hybridized carbons (Fsp3) is 0.333. The average molecular weight is 287 g/mol. The van der Waals surface area contributed by atoms with Crippen LogP contribution in [0, 0.1) is 5.41 Å². The van der Waals surface area contributed by atoms with Crippen molar-refractivity contribution in [1.29, 1.82) is 0 Å². The van der Waals surface area contributed by atoms with Gasteiger partial charge in [0.2, 0.25) is 0 Å². The lowest BCUT2D eigenvalue weighted by molar-refractivity contribution is 0.0945. The molecule has 1 aromatic rings. The van der Waals surface area contributed by atoms with E-state index in [1.165, 1.54) is 18.2 Å². The normalized spacial score (nSPS) is 11.1. The summed E-state index contributed by atoms with van der Waals surface area (Å²) < 4.78 is 0. The molecule has 0 unspecified atom stereocenters. The highest BCUT2D eigenvalue weighted by molar-refractivity contribution is 7.80. The molecule has 0 fully saturated rings. The molecule has 0 radical (unpaired) electrons. The fourth-order valence-electron chi connectivity index (χ4n) is 1.14. The number of hydrogen-bond acceptors (Lipinski definition) is 3. The van der Waals surface area contributed by atoms with E-state index in [4.69, 9.17) is 29.6 Å². The van der Waals surface area contributed by atoms with Crippen molar-refractivity contribution in [2.75, 3.05) is 6.54 Å². The van der Waals surface area contributed by atoms with Gasteiger partial charge >= 0.3 is 0 Å². The van der Waals surface area contributed by atoms with E-state index in [-0.39, 0.29) is 16.7 Å². The summed E-state index contributed by atoms with van der Waals surface area (Å²) >= 11 is 10.6. The number of hydrogen-bond donors (Lipinski definition) is 3. The molecule has 18 heavy (non-hydrogen) atoms. The maximum absolute atomic E-state index is 11.8. The lowest BCUT2D eigenvalue weighted by Crippen LogP contribution is -2.41. The minimum atomic E-state index is -0.453. The van der Waals surface area contributed by atoms with Gasteiger partial charge in [0.15, 0.2) is 0 Å². The Morgan fingerprint density at radius 2 is 2.17 bits per heavy atom. The molecular formula is C12H15ClN2O2S. The average Bonchev–Trinajstić information content (AvgIpc) is 2.29. The summed E-state index contributed by atoms with van der Waals surface area (Å²) in [6, 6.07) is 4.26. The highest BCUT2D eigenvalue weighted by atomic mass is 35.5. The first-order chi connectivity index (χ1) is 8.24. The quantitative estimate of drug-likeness (QED) is 0.741. The maximum Gasteiger partial charge on any atom is 0.251 e. The summed E-state index contributed by atoms with van der Waals surface area (Å²) in [7, 11) is 0. The van der Waals surface area contributed by atoms with Crippen LogP contribution in [0.4, 0.5) is 0 Å². The minimum absolute atomic E-state index is 0.0586.